The van der Waals surface area contributed by atoms with Crippen molar-refractivity contribution < 1.29 is 4.74 Å². The highest BCUT2D eigenvalue weighted by molar-refractivity contribution is 9.10. The van der Waals surface area contributed by atoms with Gasteiger partial charge in [-0.25, -0.2) is 0 Å². The molecule has 2 rings (SSSR count). The zero-order valence-electron chi connectivity index (χ0n) is 11.0. The van der Waals surface area contributed by atoms with E-state index in [0.717, 1.165) is 15.9 Å². The average molecular weight is 323 g/mol. The molecule has 1 aromatic carbocycles. The molecule has 0 saturated carbocycles. The first kappa shape index (κ1) is 13.6. The Kier molecular flexibility index (Phi) is 3.61. The largest absolute Gasteiger partial charge is 0.453 e. The standard InChI is InChI=1S/C13H15BrN4O/c1-7-12(8(2)18(3)17-7)19-11-6-9(14)4-5-10(11)13(15)16/h4-6H,1-3H3,(H3,15,16). The number of aromatic nitrogens is 2. The Bertz CT molecular complexity index is 648. The molecule has 3 N–H and O–H groups in total. The SMILES string of the molecule is Cc1nn(C)c(C)c1Oc1cc(Br)ccc1C(=N)N. The molecule has 2 aromatic rings. The summed E-state index contributed by atoms with van der Waals surface area (Å²) in [6, 6.07) is 5.37. The van der Waals surface area contributed by atoms with Crippen LogP contribution in [-0.2, 0) is 7.05 Å². The van der Waals surface area contributed by atoms with Gasteiger partial charge in [-0.1, -0.05) is 15.9 Å². The van der Waals surface area contributed by atoms with Crippen molar-refractivity contribution in [3.63, 3.8) is 0 Å². The summed E-state index contributed by atoms with van der Waals surface area (Å²) in [4.78, 5) is 0. The van der Waals surface area contributed by atoms with E-state index in [4.69, 9.17) is 15.9 Å². The smallest absolute Gasteiger partial charge is 0.171 e. The summed E-state index contributed by atoms with van der Waals surface area (Å²) in [6.07, 6.45) is 0. The molecule has 0 atom stereocenters. The minimum atomic E-state index is -0.0262. The number of hydrogen-bond acceptors (Lipinski definition) is 3. The zero-order valence-corrected chi connectivity index (χ0v) is 12.6. The van der Waals surface area contributed by atoms with Gasteiger partial charge in [-0.15, -0.1) is 0 Å². The topological polar surface area (TPSA) is 76.9 Å². The Hall–Kier alpha value is -1.82. The Balaban J connectivity index is 2.48. The second kappa shape index (κ2) is 5.05. The van der Waals surface area contributed by atoms with E-state index in [0.29, 0.717) is 17.1 Å². The third-order valence-electron chi connectivity index (χ3n) is 2.89. The molecule has 6 heteroatoms. The number of amidine groups is 1. The molecule has 5 nitrogen and oxygen atoms in total. The molecule has 0 aliphatic rings. The monoisotopic (exact) mass is 322 g/mol. The van der Waals surface area contributed by atoms with E-state index in [1.807, 2.05) is 27.0 Å². The van der Waals surface area contributed by atoms with Crippen molar-refractivity contribution in [2.45, 2.75) is 13.8 Å². The van der Waals surface area contributed by atoms with Crippen LogP contribution in [0.25, 0.3) is 0 Å². The van der Waals surface area contributed by atoms with E-state index in [-0.39, 0.29) is 5.84 Å². The van der Waals surface area contributed by atoms with Gasteiger partial charge in [-0.2, -0.15) is 5.10 Å². The summed E-state index contributed by atoms with van der Waals surface area (Å²) in [5.74, 6) is 1.21. The molecule has 0 amide bonds. The number of nitrogens with one attached hydrogen (secondary N) is 1. The summed E-state index contributed by atoms with van der Waals surface area (Å²) in [6.45, 7) is 3.81. The zero-order chi connectivity index (χ0) is 14.2. The first-order valence-electron chi connectivity index (χ1n) is 5.72. The van der Waals surface area contributed by atoms with Crippen LogP contribution in [0.15, 0.2) is 22.7 Å². The number of ether oxygens (including phenoxy) is 1. The number of nitrogen functional groups attached to an aromatic ring is 1. The minimum Gasteiger partial charge on any atom is -0.453 e. The molecule has 1 aromatic heterocycles. The number of halogens is 1. The molecule has 0 saturated heterocycles. The highest BCUT2D eigenvalue weighted by atomic mass is 79.9. The fourth-order valence-corrected chi connectivity index (χ4v) is 2.16. The van der Waals surface area contributed by atoms with E-state index < -0.39 is 0 Å². The Morgan fingerprint density at radius 1 is 1.42 bits per heavy atom. The van der Waals surface area contributed by atoms with Crippen molar-refractivity contribution in [3.05, 3.63) is 39.6 Å². The summed E-state index contributed by atoms with van der Waals surface area (Å²) in [5.41, 5.74) is 7.85. The third-order valence-corrected chi connectivity index (χ3v) is 3.38. The van der Waals surface area contributed by atoms with Gasteiger partial charge in [0.05, 0.1) is 11.3 Å². The van der Waals surface area contributed by atoms with E-state index in [2.05, 4.69) is 21.0 Å². The van der Waals surface area contributed by atoms with Gasteiger partial charge in [-0.05, 0) is 32.0 Å². The summed E-state index contributed by atoms with van der Waals surface area (Å²) in [7, 11) is 1.86. The van der Waals surface area contributed by atoms with Gasteiger partial charge < -0.3 is 10.5 Å². The molecular weight excluding hydrogens is 308 g/mol. The van der Waals surface area contributed by atoms with E-state index in [1.54, 1.807) is 16.8 Å². The molecule has 0 radical (unpaired) electrons. The van der Waals surface area contributed by atoms with Crippen LogP contribution in [-0.4, -0.2) is 15.6 Å². The third kappa shape index (κ3) is 2.63. The van der Waals surface area contributed by atoms with Crippen LogP contribution < -0.4 is 10.5 Å². The molecule has 100 valence electrons. The van der Waals surface area contributed by atoms with Gasteiger partial charge in [0.1, 0.15) is 17.3 Å². The van der Waals surface area contributed by atoms with Gasteiger partial charge in [0, 0.05) is 11.5 Å². The molecular formula is C13H15BrN4O. The van der Waals surface area contributed by atoms with Crippen LogP contribution in [0.1, 0.15) is 17.0 Å². The molecule has 0 aliphatic carbocycles. The second-order valence-electron chi connectivity index (χ2n) is 4.28. The summed E-state index contributed by atoms with van der Waals surface area (Å²) < 4.78 is 8.53. The Morgan fingerprint density at radius 3 is 2.63 bits per heavy atom. The first-order valence-corrected chi connectivity index (χ1v) is 6.51. The van der Waals surface area contributed by atoms with Crippen molar-refractivity contribution in [1.29, 1.82) is 5.41 Å². The normalized spacial score (nSPS) is 10.5. The fraction of sp³-hybridized carbons (Fsp3) is 0.231. The number of hydrogen-bond donors (Lipinski definition) is 2. The average Bonchev–Trinajstić information content (AvgIpc) is 2.56. The second-order valence-corrected chi connectivity index (χ2v) is 5.20. The van der Waals surface area contributed by atoms with Crippen LogP contribution in [0, 0.1) is 19.3 Å². The van der Waals surface area contributed by atoms with Crippen molar-refractivity contribution >= 4 is 21.8 Å². The number of rotatable bonds is 3. The molecule has 0 spiro atoms. The van der Waals surface area contributed by atoms with Crippen LogP contribution in [0.3, 0.4) is 0 Å². The number of aryl methyl sites for hydroxylation is 2. The van der Waals surface area contributed by atoms with Crippen LogP contribution in [0.2, 0.25) is 0 Å². The van der Waals surface area contributed by atoms with Crippen LogP contribution >= 0.6 is 15.9 Å². The van der Waals surface area contributed by atoms with Crippen molar-refractivity contribution in [1.82, 2.24) is 9.78 Å². The lowest BCUT2D eigenvalue weighted by Crippen LogP contribution is -2.12. The van der Waals surface area contributed by atoms with Crippen LogP contribution in [0.5, 0.6) is 11.5 Å². The fourth-order valence-electron chi connectivity index (χ4n) is 1.81. The van der Waals surface area contributed by atoms with Gasteiger partial charge in [-0.3, -0.25) is 10.1 Å². The quantitative estimate of drug-likeness (QED) is 0.673. The maximum atomic E-state index is 7.59. The predicted molar refractivity (Wildman–Crippen MR) is 77.9 cm³/mol. The maximum absolute atomic E-state index is 7.59. The van der Waals surface area contributed by atoms with Crippen LogP contribution in [0.4, 0.5) is 0 Å². The van der Waals surface area contributed by atoms with Crippen molar-refractivity contribution in [2.24, 2.45) is 12.8 Å². The number of benzene rings is 1. The maximum Gasteiger partial charge on any atom is 0.171 e. The Morgan fingerprint density at radius 2 is 2.11 bits per heavy atom. The summed E-state index contributed by atoms with van der Waals surface area (Å²) >= 11 is 3.39. The van der Waals surface area contributed by atoms with Crippen molar-refractivity contribution in [2.75, 3.05) is 0 Å². The lowest BCUT2D eigenvalue weighted by molar-refractivity contribution is 0.472. The molecule has 1 heterocycles. The summed E-state index contributed by atoms with van der Waals surface area (Å²) in [5, 5.41) is 11.9. The lowest BCUT2D eigenvalue weighted by Gasteiger charge is -2.11. The Labute approximate surface area is 120 Å². The first-order chi connectivity index (χ1) is 8.90. The lowest BCUT2D eigenvalue weighted by atomic mass is 10.2. The number of nitrogens with two attached hydrogens (primary N) is 1. The van der Waals surface area contributed by atoms with Gasteiger partial charge >= 0.3 is 0 Å². The van der Waals surface area contributed by atoms with E-state index >= 15 is 0 Å². The molecule has 0 unspecified atom stereocenters. The van der Waals surface area contributed by atoms with Gasteiger partial charge in [0.25, 0.3) is 0 Å². The minimum absolute atomic E-state index is 0.0262. The van der Waals surface area contributed by atoms with Crippen molar-refractivity contribution in [3.8, 4) is 11.5 Å². The van der Waals surface area contributed by atoms with Gasteiger partial charge in [0.2, 0.25) is 0 Å². The molecule has 0 aliphatic heterocycles. The predicted octanol–water partition coefficient (Wildman–Crippen LogP) is 2.88. The van der Waals surface area contributed by atoms with E-state index in [1.165, 1.54) is 0 Å². The molecule has 0 fully saturated rings. The van der Waals surface area contributed by atoms with Gasteiger partial charge in [0.15, 0.2) is 5.75 Å². The highest BCUT2D eigenvalue weighted by Gasteiger charge is 2.15. The molecule has 0 bridgehead atoms. The molecule has 19 heavy (non-hydrogen) atoms. The highest BCUT2D eigenvalue weighted by Crippen LogP contribution is 2.32. The number of nitrogens with zero attached hydrogens (tertiary/aromatic N) is 2. The van der Waals surface area contributed by atoms with E-state index in [9.17, 15) is 0 Å².